The Kier molecular flexibility index (Phi) is 8.22. The van der Waals surface area contributed by atoms with Crippen LogP contribution in [0.5, 0.6) is 0 Å². The number of carboxylic acid groups (broad SMARTS) is 1. The molecule has 39 heavy (non-hydrogen) atoms. The first-order valence-electron chi connectivity index (χ1n) is 12.6. The Labute approximate surface area is 236 Å². The maximum atomic E-state index is 13.9. The van der Waals surface area contributed by atoms with Crippen molar-refractivity contribution in [3.63, 3.8) is 0 Å². The molecule has 1 atom stereocenters. The average molecular weight is 617 g/mol. The molecule has 0 radical (unpaired) electrons. The lowest BCUT2D eigenvalue weighted by Crippen LogP contribution is -2.37. The van der Waals surface area contributed by atoms with Crippen molar-refractivity contribution < 1.29 is 28.2 Å². The highest BCUT2D eigenvalue weighted by Crippen LogP contribution is 2.43. The van der Waals surface area contributed by atoms with Crippen molar-refractivity contribution in [1.82, 2.24) is 15.3 Å². The summed E-state index contributed by atoms with van der Waals surface area (Å²) in [6.45, 7) is 2.06. The van der Waals surface area contributed by atoms with E-state index in [9.17, 15) is 19.1 Å². The number of carbonyl (C=O) groups excluding carboxylic acids is 1. The van der Waals surface area contributed by atoms with Crippen LogP contribution in [-0.2, 0) is 20.7 Å². The van der Waals surface area contributed by atoms with Gasteiger partial charge >= 0.3 is 11.9 Å². The molecule has 2 aromatic heterocycles. The van der Waals surface area contributed by atoms with Crippen LogP contribution in [0, 0.1) is 11.7 Å². The van der Waals surface area contributed by atoms with Gasteiger partial charge in [0.2, 0.25) is 0 Å². The third-order valence-electron chi connectivity index (χ3n) is 6.88. The van der Waals surface area contributed by atoms with Crippen LogP contribution in [0.1, 0.15) is 66.7 Å². The van der Waals surface area contributed by atoms with Crippen molar-refractivity contribution in [3.8, 4) is 0 Å². The molecule has 0 spiro atoms. The van der Waals surface area contributed by atoms with Crippen molar-refractivity contribution in [2.24, 2.45) is 10.9 Å². The summed E-state index contributed by atoms with van der Waals surface area (Å²) in [6, 6.07) is 3.33. The lowest BCUT2D eigenvalue weighted by Gasteiger charge is -2.34. The van der Waals surface area contributed by atoms with E-state index in [-0.39, 0.29) is 29.8 Å². The number of hydrogen-bond donors (Lipinski definition) is 2. The molecule has 0 saturated heterocycles. The van der Waals surface area contributed by atoms with Gasteiger partial charge in [0.05, 0.1) is 24.3 Å². The summed E-state index contributed by atoms with van der Waals surface area (Å²) < 4.78 is 25.0. The van der Waals surface area contributed by atoms with Crippen LogP contribution in [0.15, 0.2) is 61.2 Å². The molecule has 3 heterocycles. The van der Waals surface area contributed by atoms with Gasteiger partial charge < -0.3 is 19.6 Å². The number of aliphatic imine (C=N–C) groups is 1. The van der Waals surface area contributed by atoms with Crippen LogP contribution in [-0.4, -0.2) is 39.5 Å². The molecule has 1 unspecified atom stereocenters. The lowest BCUT2D eigenvalue weighted by molar-refractivity contribution is -0.142. The molecule has 1 saturated carbocycles. The number of oxazole rings is 1. The molecule has 1 fully saturated rings. The van der Waals surface area contributed by atoms with E-state index in [1.165, 1.54) is 29.7 Å². The molecule has 1 aromatic carbocycles. The van der Waals surface area contributed by atoms with Gasteiger partial charge in [0.15, 0.2) is 16.7 Å². The number of esters is 1. The minimum absolute atomic E-state index is 0.0591. The largest absolute Gasteiger partial charge is 0.478 e. The number of amidine groups is 1. The van der Waals surface area contributed by atoms with Gasteiger partial charge in [0.25, 0.3) is 0 Å². The summed E-state index contributed by atoms with van der Waals surface area (Å²) in [5, 5.41) is 16.1. The van der Waals surface area contributed by atoms with E-state index in [4.69, 9.17) is 14.1 Å². The monoisotopic (exact) mass is 616 g/mol. The molecule has 2 N–H and O–H groups in total. The van der Waals surface area contributed by atoms with Crippen molar-refractivity contribution in [2.75, 3.05) is 6.61 Å². The van der Waals surface area contributed by atoms with Crippen LogP contribution in [0.3, 0.4) is 0 Å². The second kappa shape index (κ2) is 11.8. The van der Waals surface area contributed by atoms with Gasteiger partial charge in [-0.15, -0.1) is 11.3 Å². The Morgan fingerprint density at radius 2 is 2.03 bits per heavy atom. The minimum Gasteiger partial charge on any atom is -0.478 e. The molecule has 12 heteroatoms. The Bertz CT molecular complexity index is 1430. The van der Waals surface area contributed by atoms with E-state index in [0.29, 0.717) is 57.6 Å². The predicted molar refractivity (Wildman–Crippen MR) is 145 cm³/mol. The predicted octanol–water partition coefficient (Wildman–Crippen LogP) is 5.54. The quantitative estimate of drug-likeness (QED) is 0.316. The molecule has 9 nitrogen and oxygen atoms in total. The number of halogens is 2. The number of nitrogens with zero attached hydrogens (tertiary/aromatic N) is 3. The van der Waals surface area contributed by atoms with E-state index in [1.807, 2.05) is 5.38 Å². The van der Waals surface area contributed by atoms with Gasteiger partial charge in [0, 0.05) is 27.7 Å². The maximum absolute atomic E-state index is 13.9. The first-order valence-corrected chi connectivity index (χ1v) is 14.3. The van der Waals surface area contributed by atoms with Crippen LogP contribution in [0.2, 0.25) is 0 Å². The molecule has 3 aromatic rings. The highest BCUT2D eigenvalue weighted by Gasteiger charge is 2.37. The number of hydrogen-bond acceptors (Lipinski definition) is 9. The Morgan fingerprint density at radius 3 is 2.69 bits per heavy atom. The molecular formula is C27H26BrFN4O5S. The van der Waals surface area contributed by atoms with Gasteiger partial charge in [-0.25, -0.2) is 19.2 Å². The fraction of sp³-hybridized carbons (Fsp3) is 0.370. The smallest absolute Gasteiger partial charge is 0.335 e. The Balaban J connectivity index is 1.41. The van der Waals surface area contributed by atoms with E-state index in [1.54, 1.807) is 19.2 Å². The summed E-state index contributed by atoms with van der Waals surface area (Å²) in [5.41, 5.74) is 1.83. The van der Waals surface area contributed by atoms with Crippen molar-refractivity contribution >= 4 is 45.0 Å². The summed E-state index contributed by atoms with van der Waals surface area (Å²) in [7, 11) is 0. The summed E-state index contributed by atoms with van der Waals surface area (Å²) in [6.07, 6.45) is 6.08. The average Bonchev–Trinajstić information content (AvgIpc) is 3.61. The van der Waals surface area contributed by atoms with E-state index in [0.717, 1.165) is 12.8 Å². The number of rotatable bonds is 8. The Morgan fingerprint density at radius 1 is 1.26 bits per heavy atom. The standard InChI is InChI=1S/C27H26BrFN4O5S/c1-2-37-20(34)12-17-13-38-25(31-17)15-5-3-14(4-6-15)22-21(27(35)36)23(18-8-7-16(29)11-19(18)28)33-24(32-22)26-30-9-10-39-26/h7-11,13-15,23H,2-6,12H2,1H3,(H,32,33)(H,35,36). The molecule has 2 aliphatic rings. The third kappa shape index (κ3) is 5.96. The fourth-order valence-electron chi connectivity index (χ4n) is 5.10. The van der Waals surface area contributed by atoms with E-state index < -0.39 is 17.8 Å². The van der Waals surface area contributed by atoms with Crippen molar-refractivity contribution in [2.45, 2.75) is 51.0 Å². The normalized spacial score (nSPS) is 21.3. The molecular weight excluding hydrogens is 591 g/mol. The van der Waals surface area contributed by atoms with Gasteiger partial charge in [-0.2, -0.15) is 0 Å². The second-order valence-electron chi connectivity index (χ2n) is 9.35. The number of benzene rings is 1. The molecule has 1 aliphatic heterocycles. The molecule has 0 bridgehead atoms. The SMILES string of the molecule is CCOC(=O)Cc1coc(C2CCC(C3=C(C(=O)O)C(c4ccc(F)cc4Br)N=C(c4nccs4)N3)CC2)n1. The summed E-state index contributed by atoms with van der Waals surface area (Å²) in [5.74, 6) is -0.811. The van der Waals surface area contributed by atoms with Crippen LogP contribution in [0.25, 0.3) is 0 Å². The topological polar surface area (TPSA) is 127 Å². The zero-order valence-corrected chi connectivity index (χ0v) is 23.4. The number of ether oxygens (including phenoxy) is 1. The number of nitrogens with one attached hydrogen (secondary N) is 1. The van der Waals surface area contributed by atoms with Crippen LogP contribution < -0.4 is 5.32 Å². The zero-order valence-electron chi connectivity index (χ0n) is 21.0. The number of carbonyl (C=O) groups is 2. The highest BCUT2D eigenvalue weighted by atomic mass is 79.9. The zero-order chi connectivity index (χ0) is 27.5. The third-order valence-corrected chi connectivity index (χ3v) is 8.35. The van der Waals surface area contributed by atoms with Gasteiger partial charge in [-0.05, 0) is 56.2 Å². The maximum Gasteiger partial charge on any atom is 0.335 e. The summed E-state index contributed by atoms with van der Waals surface area (Å²) >= 11 is 4.80. The molecule has 0 amide bonds. The van der Waals surface area contributed by atoms with E-state index in [2.05, 4.69) is 31.2 Å². The van der Waals surface area contributed by atoms with Crippen molar-refractivity contribution in [1.29, 1.82) is 0 Å². The van der Waals surface area contributed by atoms with Gasteiger partial charge in [-0.1, -0.05) is 22.0 Å². The van der Waals surface area contributed by atoms with Crippen LogP contribution >= 0.6 is 27.3 Å². The van der Waals surface area contributed by atoms with Crippen LogP contribution in [0.4, 0.5) is 4.39 Å². The number of carboxylic acids is 1. The fourth-order valence-corrected chi connectivity index (χ4v) is 6.26. The minimum atomic E-state index is -1.08. The Hall–Kier alpha value is -3.38. The van der Waals surface area contributed by atoms with Gasteiger partial charge in [0.1, 0.15) is 18.1 Å². The molecule has 204 valence electrons. The number of aliphatic carboxylic acids is 1. The molecule has 5 rings (SSSR count). The number of allylic oxidation sites excluding steroid dienone is 1. The number of aromatic nitrogens is 2. The van der Waals surface area contributed by atoms with Gasteiger partial charge in [-0.3, -0.25) is 9.79 Å². The van der Waals surface area contributed by atoms with E-state index >= 15 is 0 Å². The first kappa shape index (κ1) is 27.2. The lowest BCUT2D eigenvalue weighted by atomic mass is 9.78. The number of thiazole rings is 1. The summed E-state index contributed by atoms with van der Waals surface area (Å²) in [4.78, 5) is 38.0. The van der Waals surface area contributed by atoms with Crippen molar-refractivity contribution in [3.05, 3.63) is 79.8 Å². The second-order valence-corrected chi connectivity index (χ2v) is 11.1. The first-order chi connectivity index (χ1) is 18.8. The highest BCUT2D eigenvalue weighted by molar-refractivity contribution is 9.10. The molecule has 1 aliphatic carbocycles.